The Hall–Kier alpha value is -2.28. The molecule has 1 unspecified atom stereocenters. The van der Waals surface area contributed by atoms with Crippen molar-refractivity contribution in [1.82, 2.24) is 10.1 Å². The van der Waals surface area contributed by atoms with Gasteiger partial charge in [-0.25, -0.2) is 0 Å². The predicted octanol–water partition coefficient (Wildman–Crippen LogP) is 2.01. The summed E-state index contributed by atoms with van der Waals surface area (Å²) in [5.41, 5.74) is 0.836. The summed E-state index contributed by atoms with van der Waals surface area (Å²) in [6.07, 6.45) is -0.884. The van der Waals surface area contributed by atoms with E-state index in [-0.39, 0.29) is 23.0 Å². The average molecular weight is 249 g/mol. The van der Waals surface area contributed by atoms with E-state index in [1.54, 1.807) is 19.1 Å². The van der Waals surface area contributed by atoms with Gasteiger partial charge < -0.3 is 9.63 Å². The molecule has 0 saturated heterocycles. The van der Waals surface area contributed by atoms with Gasteiger partial charge in [0, 0.05) is 6.07 Å². The fourth-order valence-corrected chi connectivity index (χ4v) is 1.59. The molecule has 0 radical (unpaired) electrons. The highest BCUT2D eigenvalue weighted by atomic mass is 16.6. The third-order valence-corrected chi connectivity index (χ3v) is 2.48. The standard InChI is InChI=1S/C11H11N3O4/c1-6-4-3-5-8(14(16)17)9(6)11-12-10(7(2)15)13-18-11/h3-5,7,15H,1-2H3. The maximum absolute atomic E-state index is 11.0. The smallest absolute Gasteiger partial charge is 0.282 e. The van der Waals surface area contributed by atoms with Crippen LogP contribution in [0.3, 0.4) is 0 Å². The minimum Gasteiger partial charge on any atom is -0.385 e. The van der Waals surface area contributed by atoms with Crippen LogP contribution in [-0.2, 0) is 0 Å². The molecule has 0 amide bonds. The Balaban J connectivity index is 2.58. The number of nitrogens with zero attached hydrogens (tertiary/aromatic N) is 3. The van der Waals surface area contributed by atoms with E-state index in [1.807, 2.05) is 0 Å². The third kappa shape index (κ3) is 2.07. The Kier molecular flexibility index (Phi) is 3.07. The zero-order chi connectivity index (χ0) is 13.3. The molecule has 0 saturated carbocycles. The number of nitro benzene ring substituents is 1. The van der Waals surface area contributed by atoms with Crippen LogP contribution in [0.4, 0.5) is 5.69 Å². The van der Waals surface area contributed by atoms with E-state index in [9.17, 15) is 15.2 Å². The molecule has 1 N–H and O–H groups in total. The molecule has 0 aliphatic carbocycles. The van der Waals surface area contributed by atoms with E-state index >= 15 is 0 Å². The lowest BCUT2D eigenvalue weighted by molar-refractivity contribution is -0.384. The number of hydrogen-bond acceptors (Lipinski definition) is 6. The Bertz CT molecular complexity index is 592. The van der Waals surface area contributed by atoms with Gasteiger partial charge in [0.15, 0.2) is 5.82 Å². The van der Waals surface area contributed by atoms with E-state index in [1.165, 1.54) is 13.0 Å². The maximum atomic E-state index is 11.0. The van der Waals surface area contributed by atoms with Crippen molar-refractivity contribution in [2.45, 2.75) is 20.0 Å². The Labute approximate surface area is 102 Å². The maximum Gasteiger partial charge on any atom is 0.282 e. The molecular weight excluding hydrogens is 238 g/mol. The second-order valence-corrected chi connectivity index (χ2v) is 3.86. The third-order valence-electron chi connectivity index (χ3n) is 2.48. The first kappa shape index (κ1) is 12.2. The molecule has 94 valence electrons. The second kappa shape index (κ2) is 4.53. The second-order valence-electron chi connectivity index (χ2n) is 3.86. The van der Waals surface area contributed by atoms with Gasteiger partial charge in [0.05, 0.1) is 4.92 Å². The molecule has 1 aromatic carbocycles. The van der Waals surface area contributed by atoms with Crippen LogP contribution in [0.25, 0.3) is 11.5 Å². The van der Waals surface area contributed by atoms with Crippen molar-refractivity contribution in [3.8, 4) is 11.5 Å². The molecule has 1 heterocycles. The van der Waals surface area contributed by atoms with Gasteiger partial charge in [-0.1, -0.05) is 17.3 Å². The van der Waals surface area contributed by atoms with Crippen LogP contribution in [0.2, 0.25) is 0 Å². The summed E-state index contributed by atoms with van der Waals surface area (Å²) in [6.45, 7) is 3.20. The lowest BCUT2D eigenvalue weighted by Gasteiger charge is -2.01. The lowest BCUT2D eigenvalue weighted by Crippen LogP contribution is -1.96. The molecule has 0 bridgehead atoms. The van der Waals surface area contributed by atoms with Crippen molar-refractivity contribution in [1.29, 1.82) is 0 Å². The summed E-state index contributed by atoms with van der Waals surface area (Å²) in [5.74, 6) is 0.137. The van der Waals surface area contributed by atoms with Crippen LogP contribution < -0.4 is 0 Å². The first-order valence-corrected chi connectivity index (χ1v) is 5.26. The van der Waals surface area contributed by atoms with Gasteiger partial charge >= 0.3 is 0 Å². The summed E-state index contributed by atoms with van der Waals surface area (Å²) in [6, 6.07) is 4.67. The van der Waals surface area contributed by atoms with Gasteiger partial charge in [0.1, 0.15) is 11.7 Å². The number of aryl methyl sites for hydroxylation is 1. The van der Waals surface area contributed by atoms with Crippen LogP contribution in [0.1, 0.15) is 24.4 Å². The summed E-state index contributed by atoms with van der Waals surface area (Å²) in [5, 5.41) is 23.8. The summed E-state index contributed by atoms with van der Waals surface area (Å²) in [7, 11) is 0. The molecule has 2 rings (SSSR count). The van der Waals surface area contributed by atoms with Crippen LogP contribution in [0, 0.1) is 17.0 Å². The van der Waals surface area contributed by atoms with E-state index in [4.69, 9.17) is 4.52 Å². The first-order valence-electron chi connectivity index (χ1n) is 5.26. The number of aliphatic hydroxyl groups is 1. The quantitative estimate of drug-likeness (QED) is 0.659. The molecule has 1 atom stereocenters. The van der Waals surface area contributed by atoms with Gasteiger partial charge in [-0.05, 0) is 19.4 Å². The summed E-state index contributed by atoms with van der Waals surface area (Å²) < 4.78 is 4.96. The number of aliphatic hydroxyl groups excluding tert-OH is 1. The Morgan fingerprint density at radius 2 is 2.22 bits per heavy atom. The van der Waals surface area contributed by atoms with E-state index < -0.39 is 11.0 Å². The van der Waals surface area contributed by atoms with Gasteiger partial charge in [-0.2, -0.15) is 4.98 Å². The van der Waals surface area contributed by atoms with Crippen LogP contribution in [0.5, 0.6) is 0 Å². The highest BCUT2D eigenvalue weighted by Crippen LogP contribution is 2.32. The van der Waals surface area contributed by atoms with Crippen molar-refractivity contribution in [3.05, 3.63) is 39.7 Å². The van der Waals surface area contributed by atoms with Crippen molar-refractivity contribution in [2.24, 2.45) is 0 Å². The average Bonchev–Trinajstić information content (AvgIpc) is 2.77. The number of benzene rings is 1. The summed E-state index contributed by atoms with van der Waals surface area (Å²) >= 11 is 0. The fraction of sp³-hybridized carbons (Fsp3) is 0.273. The molecule has 1 aromatic heterocycles. The number of nitro groups is 1. The molecule has 0 aliphatic heterocycles. The van der Waals surface area contributed by atoms with Crippen LogP contribution in [-0.4, -0.2) is 20.2 Å². The summed E-state index contributed by atoms with van der Waals surface area (Å²) in [4.78, 5) is 14.4. The zero-order valence-electron chi connectivity index (χ0n) is 9.82. The van der Waals surface area contributed by atoms with Crippen LogP contribution in [0.15, 0.2) is 22.7 Å². The fourth-order valence-electron chi connectivity index (χ4n) is 1.59. The lowest BCUT2D eigenvalue weighted by atomic mass is 10.1. The monoisotopic (exact) mass is 249 g/mol. The van der Waals surface area contributed by atoms with E-state index in [0.29, 0.717) is 5.56 Å². The van der Waals surface area contributed by atoms with Gasteiger partial charge in [-0.3, -0.25) is 10.1 Å². The van der Waals surface area contributed by atoms with Crippen molar-refractivity contribution in [2.75, 3.05) is 0 Å². The number of hydrogen-bond donors (Lipinski definition) is 1. The van der Waals surface area contributed by atoms with Gasteiger partial charge in [0.2, 0.25) is 0 Å². The van der Waals surface area contributed by atoms with Crippen LogP contribution >= 0.6 is 0 Å². The van der Waals surface area contributed by atoms with Crippen molar-refractivity contribution in [3.63, 3.8) is 0 Å². The molecule has 0 fully saturated rings. The molecular formula is C11H11N3O4. The predicted molar refractivity (Wildman–Crippen MR) is 61.8 cm³/mol. The Morgan fingerprint density at radius 3 is 2.78 bits per heavy atom. The molecule has 7 nitrogen and oxygen atoms in total. The molecule has 7 heteroatoms. The SMILES string of the molecule is Cc1cccc([N+](=O)[O-])c1-c1nc(C(C)O)no1. The largest absolute Gasteiger partial charge is 0.385 e. The molecule has 0 spiro atoms. The zero-order valence-corrected chi connectivity index (χ0v) is 9.82. The topological polar surface area (TPSA) is 102 Å². The highest BCUT2D eigenvalue weighted by Gasteiger charge is 2.23. The highest BCUT2D eigenvalue weighted by molar-refractivity contribution is 5.70. The van der Waals surface area contributed by atoms with Gasteiger partial charge in [0.25, 0.3) is 11.6 Å². The van der Waals surface area contributed by atoms with Crippen molar-refractivity contribution >= 4 is 5.69 Å². The number of rotatable bonds is 3. The molecule has 0 aliphatic rings. The number of aromatic nitrogens is 2. The first-order chi connectivity index (χ1) is 8.50. The van der Waals surface area contributed by atoms with E-state index in [2.05, 4.69) is 10.1 Å². The minimum atomic E-state index is -0.884. The van der Waals surface area contributed by atoms with Gasteiger partial charge in [-0.15, -0.1) is 0 Å². The Morgan fingerprint density at radius 1 is 1.50 bits per heavy atom. The van der Waals surface area contributed by atoms with E-state index in [0.717, 1.165) is 0 Å². The molecule has 2 aromatic rings. The molecule has 18 heavy (non-hydrogen) atoms. The minimum absolute atomic E-state index is 0.0377. The normalized spacial score (nSPS) is 12.4. The van der Waals surface area contributed by atoms with Crippen molar-refractivity contribution < 1.29 is 14.6 Å².